The molecule has 1 N–H and O–H groups in total. The number of amides is 1. The summed E-state index contributed by atoms with van der Waals surface area (Å²) < 4.78 is 11.9. The first kappa shape index (κ1) is 25.1. The Morgan fingerprint density at radius 1 is 0.806 bits per heavy atom. The fraction of sp³-hybridized carbons (Fsp3) is 0.219. The molecule has 1 atom stereocenters. The summed E-state index contributed by atoms with van der Waals surface area (Å²) in [6, 6.07) is 34.2. The van der Waals surface area contributed by atoms with Crippen molar-refractivity contribution in [3.63, 3.8) is 0 Å². The Morgan fingerprint density at radius 3 is 2.17 bits per heavy atom. The maximum atomic E-state index is 12.9. The van der Waals surface area contributed by atoms with Crippen LogP contribution in [0.3, 0.4) is 0 Å². The van der Waals surface area contributed by atoms with Crippen molar-refractivity contribution in [1.82, 2.24) is 5.32 Å². The van der Waals surface area contributed by atoms with Gasteiger partial charge in [0.2, 0.25) is 0 Å². The van der Waals surface area contributed by atoms with Crippen LogP contribution in [0.4, 0.5) is 0 Å². The molecule has 4 rings (SSSR count). The van der Waals surface area contributed by atoms with Crippen molar-refractivity contribution in [2.75, 3.05) is 6.61 Å². The number of benzene rings is 4. The number of carbonyl (C=O) groups is 1. The zero-order valence-electron chi connectivity index (χ0n) is 20.9. The molecule has 0 aliphatic carbocycles. The van der Waals surface area contributed by atoms with E-state index in [0.717, 1.165) is 35.5 Å². The number of aryl methyl sites for hydroxylation is 1. The lowest BCUT2D eigenvalue weighted by Crippen LogP contribution is -2.33. The van der Waals surface area contributed by atoms with Crippen molar-refractivity contribution in [2.24, 2.45) is 0 Å². The standard InChI is InChI=1S/C32H33NO3/c1-3-35-31-21-18-28(32(34)33-24(2)14-15-25-10-6-4-7-11-25)22-29(31)23-36-30-19-16-27(17-20-30)26-12-8-5-9-13-26/h4-13,16-22,24H,3,14-15,23H2,1-2H3,(H,33,34)/t24-/m0/s1. The van der Waals surface area contributed by atoms with Crippen LogP contribution in [0.2, 0.25) is 0 Å². The van der Waals surface area contributed by atoms with Crippen molar-refractivity contribution in [1.29, 1.82) is 0 Å². The van der Waals surface area contributed by atoms with E-state index < -0.39 is 0 Å². The number of rotatable bonds is 11. The average Bonchev–Trinajstić information content (AvgIpc) is 2.93. The molecule has 184 valence electrons. The molecule has 0 aliphatic heterocycles. The maximum absolute atomic E-state index is 12.9. The van der Waals surface area contributed by atoms with E-state index in [1.54, 1.807) is 0 Å². The molecular formula is C32H33NO3. The van der Waals surface area contributed by atoms with E-state index in [4.69, 9.17) is 9.47 Å². The van der Waals surface area contributed by atoms with Gasteiger partial charge in [-0.2, -0.15) is 0 Å². The maximum Gasteiger partial charge on any atom is 0.251 e. The number of carbonyl (C=O) groups excluding carboxylic acids is 1. The summed E-state index contributed by atoms with van der Waals surface area (Å²) in [7, 11) is 0. The van der Waals surface area contributed by atoms with Crippen molar-refractivity contribution >= 4 is 5.91 Å². The molecule has 0 radical (unpaired) electrons. The minimum Gasteiger partial charge on any atom is -0.493 e. The first-order valence-corrected chi connectivity index (χ1v) is 12.5. The van der Waals surface area contributed by atoms with Gasteiger partial charge in [-0.05, 0) is 73.7 Å². The lowest BCUT2D eigenvalue weighted by atomic mass is 10.1. The monoisotopic (exact) mass is 479 g/mol. The number of ether oxygens (including phenoxy) is 2. The van der Waals surface area contributed by atoms with Crippen LogP contribution in [0.5, 0.6) is 11.5 Å². The first-order chi connectivity index (χ1) is 17.6. The van der Waals surface area contributed by atoms with E-state index in [1.807, 2.05) is 80.6 Å². The van der Waals surface area contributed by atoms with Gasteiger partial charge >= 0.3 is 0 Å². The molecule has 0 fully saturated rings. The summed E-state index contributed by atoms with van der Waals surface area (Å²) in [4.78, 5) is 12.9. The van der Waals surface area contributed by atoms with Gasteiger partial charge in [-0.1, -0.05) is 72.8 Å². The Kier molecular flexibility index (Phi) is 8.77. The van der Waals surface area contributed by atoms with Crippen molar-refractivity contribution in [2.45, 2.75) is 39.3 Å². The molecule has 0 saturated heterocycles. The van der Waals surface area contributed by atoms with Gasteiger partial charge in [-0.3, -0.25) is 4.79 Å². The smallest absolute Gasteiger partial charge is 0.251 e. The van der Waals surface area contributed by atoms with Gasteiger partial charge in [0.25, 0.3) is 5.91 Å². The van der Waals surface area contributed by atoms with Gasteiger partial charge in [-0.25, -0.2) is 0 Å². The molecule has 0 heterocycles. The summed E-state index contributed by atoms with van der Waals surface area (Å²) in [6.07, 6.45) is 1.80. The van der Waals surface area contributed by atoms with E-state index >= 15 is 0 Å². The predicted molar refractivity (Wildman–Crippen MR) is 146 cm³/mol. The highest BCUT2D eigenvalue weighted by atomic mass is 16.5. The Bertz CT molecular complexity index is 1240. The van der Waals surface area contributed by atoms with Gasteiger partial charge in [0, 0.05) is 17.2 Å². The summed E-state index contributed by atoms with van der Waals surface area (Å²) in [5.74, 6) is 1.40. The Balaban J connectivity index is 1.39. The second-order valence-electron chi connectivity index (χ2n) is 8.83. The highest BCUT2D eigenvalue weighted by molar-refractivity contribution is 5.94. The van der Waals surface area contributed by atoms with Crippen LogP contribution in [-0.4, -0.2) is 18.6 Å². The molecule has 4 aromatic carbocycles. The van der Waals surface area contributed by atoms with Crippen LogP contribution in [0, 0.1) is 0 Å². The van der Waals surface area contributed by atoms with E-state index in [2.05, 4.69) is 41.7 Å². The molecule has 0 unspecified atom stereocenters. The lowest BCUT2D eigenvalue weighted by molar-refractivity contribution is 0.0938. The third-order valence-electron chi connectivity index (χ3n) is 6.06. The zero-order valence-corrected chi connectivity index (χ0v) is 20.9. The van der Waals surface area contributed by atoms with Crippen LogP contribution < -0.4 is 14.8 Å². The number of nitrogens with one attached hydrogen (secondary N) is 1. The minimum absolute atomic E-state index is 0.0621. The Hall–Kier alpha value is -4.05. The quantitative estimate of drug-likeness (QED) is 0.250. The summed E-state index contributed by atoms with van der Waals surface area (Å²) in [5, 5.41) is 3.12. The van der Waals surface area contributed by atoms with Crippen molar-refractivity contribution in [3.05, 3.63) is 120 Å². The molecule has 4 heteroatoms. The SMILES string of the molecule is CCOc1ccc(C(=O)N[C@@H](C)CCc2ccccc2)cc1COc1ccc(-c2ccccc2)cc1. The minimum atomic E-state index is -0.0907. The first-order valence-electron chi connectivity index (χ1n) is 12.5. The van der Waals surface area contributed by atoms with Gasteiger partial charge < -0.3 is 14.8 Å². The molecule has 0 aliphatic rings. The lowest BCUT2D eigenvalue weighted by Gasteiger charge is -2.16. The van der Waals surface area contributed by atoms with E-state index in [1.165, 1.54) is 11.1 Å². The van der Waals surface area contributed by atoms with Gasteiger partial charge in [0.05, 0.1) is 6.61 Å². The molecular weight excluding hydrogens is 446 g/mol. The van der Waals surface area contributed by atoms with Gasteiger partial charge in [0.15, 0.2) is 0 Å². The molecule has 36 heavy (non-hydrogen) atoms. The summed E-state index contributed by atoms with van der Waals surface area (Å²) >= 11 is 0. The predicted octanol–water partition coefficient (Wildman–Crippen LogP) is 7.08. The molecule has 4 nitrogen and oxygen atoms in total. The fourth-order valence-electron chi connectivity index (χ4n) is 4.07. The summed E-state index contributed by atoms with van der Waals surface area (Å²) in [5.41, 5.74) is 5.02. The normalized spacial score (nSPS) is 11.5. The largest absolute Gasteiger partial charge is 0.493 e. The second kappa shape index (κ2) is 12.6. The van der Waals surface area contributed by atoms with Crippen LogP contribution in [0.1, 0.15) is 41.8 Å². The van der Waals surface area contributed by atoms with Crippen molar-refractivity contribution in [3.8, 4) is 22.6 Å². The van der Waals surface area contributed by atoms with Gasteiger partial charge in [-0.15, -0.1) is 0 Å². The highest BCUT2D eigenvalue weighted by Gasteiger charge is 2.14. The third-order valence-corrected chi connectivity index (χ3v) is 6.06. The van der Waals surface area contributed by atoms with Crippen molar-refractivity contribution < 1.29 is 14.3 Å². The fourth-order valence-corrected chi connectivity index (χ4v) is 4.07. The van der Waals surface area contributed by atoms with E-state index in [9.17, 15) is 4.79 Å². The number of hydrogen-bond donors (Lipinski definition) is 1. The Morgan fingerprint density at radius 2 is 1.47 bits per heavy atom. The number of hydrogen-bond acceptors (Lipinski definition) is 3. The molecule has 0 spiro atoms. The average molecular weight is 480 g/mol. The van der Waals surface area contributed by atoms with E-state index in [-0.39, 0.29) is 11.9 Å². The molecule has 0 aromatic heterocycles. The van der Waals surface area contributed by atoms with Crippen LogP contribution in [0.25, 0.3) is 11.1 Å². The van der Waals surface area contributed by atoms with Crippen LogP contribution >= 0.6 is 0 Å². The second-order valence-corrected chi connectivity index (χ2v) is 8.83. The molecule has 0 saturated carbocycles. The van der Waals surface area contributed by atoms with E-state index in [0.29, 0.717) is 18.8 Å². The molecule has 0 bridgehead atoms. The zero-order chi connectivity index (χ0) is 25.2. The van der Waals surface area contributed by atoms with Crippen LogP contribution in [-0.2, 0) is 13.0 Å². The Labute approximate surface area is 213 Å². The van der Waals surface area contributed by atoms with Gasteiger partial charge in [0.1, 0.15) is 18.1 Å². The molecule has 1 amide bonds. The van der Waals surface area contributed by atoms with Crippen LogP contribution in [0.15, 0.2) is 103 Å². The molecule has 4 aromatic rings. The highest BCUT2D eigenvalue weighted by Crippen LogP contribution is 2.25. The summed E-state index contributed by atoms with van der Waals surface area (Å²) in [6.45, 7) is 4.84. The third kappa shape index (κ3) is 6.98. The topological polar surface area (TPSA) is 47.6 Å².